The van der Waals surface area contributed by atoms with Crippen LogP contribution in [0.3, 0.4) is 0 Å². The Morgan fingerprint density at radius 1 is 1.33 bits per heavy atom. The number of anilines is 1. The maximum absolute atomic E-state index is 12.7. The molecule has 21 heavy (non-hydrogen) atoms. The molecule has 4 heteroatoms. The number of carbonyl (C=O) groups is 2. The van der Waals surface area contributed by atoms with Gasteiger partial charge in [0, 0.05) is 18.5 Å². The number of benzene rings is 1. The molecule has 1 amide bonds. The van der Waals surface area contributed by atoms with E-state index in [0.717, 1.165) is 16.8 Å². The normalized spacial score (nSPS) is 21.1. The summed E-state index contributed by atoms with van der Waals surface area (Å²) in [4.78, 5) is 25.9. The van der Waals surface area contributed by atoms with Crippen LogP contribution in [-0.2, 0) is 15.2 Å². The number of fused-ring (bicyclic) bond motifs is 1. The molecule has 0 aliphatic carbocycles. The zero-order valence-electron chi connectivity index (χ0n) is 13.4. The minimum Gasteiger partial charge on any atom is -0.375 e. The summed E-state index contributed by atoms with van der Waals surface area (Å²) in [5, 5.41) is 10.9. The average molecular weight is 289 g/mol. The first-order valence-corrected chi connectivity index (χ1v) is 7.32. The van der Waals surface area contributed by atoms with Crippen molar-refractivity contribution in [3.8, 4) is 0 Å². The van der Waals surface area contributed by atoms with Crippen LogP contribution in [0.2, 0.25) is 0 Å². The van der Waals surface area contributed by atoms with Gasteiger partial charge >= 0.3 is 0 Å². The van der Waals surface area contributed by atoms with Gasteiger partial charge in [0.2, 0.25) is 0 Å². The second-order valence-electron chi connectivity index (χ2n) is 6.53. The maximum atomic E-state index is 12.7. The summed E-state index contributed by atoms with van der Waals surface area (Å²) in [5.41, 5.74) is 1.56. The van der Waals surface area contributed by atoms with Crippen molar-refractivity contribution in [1.29, 1.82) is 0 Å². The first-order chi connectivity index (χ1) is 9.66. The predicted molar refractivity (Wildman–Crippen MR) is 82.3 cm³/mol. The highest BCUT2D eigenvalue weighted by molar-refractivity contribution is 6.09. The van der Waals surface area contributed by atoms with Crippen molar-refractivity contribution in [1.82, 2.24) is 0 Å². The fourth-order valence-electron chi connectivity index (χ4n) is 3.14. The molecular formula is C17H23NO3. The Kier molecular flexibility index (Phi) is 3.93. The number of nitrogens with zero attached hydrogens (tertiary/aromatic N) is 1. The van der Waals surface area contributed by atoms with Gasteiger partial charge in [0.25, 0.3) is 5.91 Å². The monoisotopic (exact) mass is 289 g/mol. The summed E-state index contributed by atoms with van der Waals surface area (Å²) >= 11 is 0. The van der Waals surface area contributed by atoms with Crippen molar-refractivity contribution in [3.63, 3.8) is 0 Å². The zero-order chi connectivity index (χ0) is 15.9. The van der Waals surface area contributed by atoms with Crippen LogP contribution in [0.4, 0.5) is 5.69 Å². The summed E-state index contributed by atoms with van der Waals surface area (Å²) in [5.74, 6) is -0.292. The largest absolute Gasteiger partial charge is 0.375 e. The van der Waals surface area contributed by atoms with Crippen molar-refractivity contribution in [2.75, 3.05) is 11.4 Å². The van der Waals surface area contributed by atoms with Crippen LogP contribution in [0.25, 0.3) is 0 Å². The molecule has 1 aromatic carbocycles. The first kappa shape index (κ1) is 15.7. The molecule has 0 saturated heterocycles. The topological polar surface area (TPSA) is 57.6 Å². The maximum Gasteiger partial charge on any atom is 0.264 e. The summed E-state index contributed by atoms with van der Waals surface area (Å²) in [6.07, 6.45) is -0.170. The Hall–Kier alpha value is -1.68. The van der Waals surface area contributed by atoms with E-state index in [4.69, 9.17) is 0 Å². The molecule has 1 heterocycles. The fraction of sp³-hybridized carbons (Fsp3) is 0.529. The summed E-state index contributed by atoms with van der Waals surface area (Å²) < 4.78 is 0. The molecule has 0 bridgehead atoms. The molecule has 0 spiro atoms. The molecule has 1 unspecified atom stereocenters. The van der Waals surface area contributed by atoms with Crippen LogP contribution in [0.15, 0.2) is 12.1 Å². The zero-order valence-corrected chi connectivity index (χ0v) is 13.4. The number of amides is 1. The smallest absolute Gasteiger partial charge is 0.264 e. The Labute approximate surface area is 125 Å². The van der Waals surface area contributed by atoms with Gasteiger partial charge in [-0.15, -0.1) is 0 Å². The van der Waals surface area contributed by atoms with Gasteiger partial charge in [0.05, 0.1) is 5.69 Å². The lowest BCUT2D eigenvalue weighted by Gasteiger charge is -2.23. The molecule has 2 rings (SSSR count). The second-order valence-corrected chi connectivity index (χ2v) is 6.53. The number of Topliss-reactive ketones (excluding diaryl/α,β-unsaturated/α-hetero) is 1. The highest BCUT2D eigenvalue weighted by atomic mass is 16.3. The lowest BCUT2D eigenvalue weighted by Crippen LogP contribution is -2.42. The van der Waals surface area contributed by atoms with Crippen molar-refractivity contribution >= 4 is 17.4 Å². The van der Waals surface area contributed by atoms with E-state index in [9.17, 15) is 14.7 Å². The number of ketones is 1. The van der Waals surface area contributed by atoms with Gasteiger partial charge < -0.3 is 10.0 Å². The van der Waals surface area contributed by atoms with Crippen molar-refractivity contribution in [2.24, 2.45) is 5.92 Å². The SMILES string of the molecule is CC(=O)CC1(O)C(=O)N(CC(C)C)c2c(C)cc(C)cc21. The molecule has 1 aromatic rings. The van der Waals surface area contributed by atoms with Crippen molar-refractivity contribution in [2.45, 2.75) is 46.6 Å². The molecule has 0 saturated carbocycles. The molecule has 0 fully saturated rings. The van der Waals surface area contributed by atoms with Crippen molar-refractivity contribution < 1.29 is 14.7 Å². The van der Waals surface area contributed by atoms with E-state index in [-0.39, 0.29) is 24.0 Å². The molecular weight excluding hydrogens is 266 g/mol. The quantitative estimate of drug-likeness (QED) is 0.926. The van der Waals surface area contributed by atoms with E-state index < -0.39 is 5.60 Å². The number of rotatable bonds is 4. The van der Waals surface area contributed by atoms with E-state index in [1.54, 1.807) is 4.90 Å². The third-order valence-electron chi connectivity index (χ3n) is 3.81. The highest BCUT2D eigenvalue weighted by Crippen LogP contribution is 2.45. The van der Waals surface area contributed by atoms with Gasteiger partial charge in [-0.2, -0.15) is 0 Å². The minimum absolute atomic E-state index is 0.170. The molecule has 1 aliphatic heterocycles. The van der Waals surface area contributed by atoms with Gasteiger partial charge in [-0.3, -0.25) is 9.59 Å². The fourth-order valence-corrected chi connectivity index (χ4v) is 3.14. The number of aliphatic hydroxyl groups is 1. The van der Waals surface area contributed by atoms with Gasteiger partial charge in [-0.1, -0.05) is 31.5 Å². The summed E-state index contributed by atoms with van der Waals surface area (Å²) in [6, 6.07) is 3.82. The molecule has 114 valence electrons. The number of aryl methyl sites for hydroxylation is 2. The highest BCUT2D eigenvalue weighted by Gasteiger charge is 2.51. The minimum atomic E-state index is -1.72. The third kappa shape index (κ3) is 2.60. The second kappa shape index (κ2) is 5.26. The molecule has 1 atom stereocenters. The Balaban J connectivity index is 2.64. The summed E-state index contributed by atoms with van der Waals surface area (Å²) in [6.45, 7) is 9.86. The third-order valence-corrected chi connectivity index (χ3v) is 3.81. The molecule has 0 aromatic heterocycles. The van der Waals surface area contributed by atoms with Gasteiger partial charge in [-0.25, -0.2) is 0 Å². The van der Waals surface area contributed by atoms with Crippen LogP contribution in [0.1, 0.15) is 43.9 Å². The van der Waals surface area contributed by atoms with Gasteiger partial charge in [0.1, 0.15) is 5.78 Å². The Morgan fingerprint density at radius 2 is 1.95 bits per heavy atom. The van der Waals surface area contributed by atoms with E-state index in [1.165, 1.54) is 6.92 Å². The van der Waals surface area contributed by atoms with Crippen molar-refractivity contribution in [3.05, 3.63) is 28.8 Å². The average Bonchev–Trinajstić information content (AvgIpc) is 2.50. The van der Waals surface area contributed by atoms with E-state index in [2.05, 4.69) is 0 Å². The number of hydrogen-bond donors (Lipinski definition) is 1. The number of carbonyl (C=O) groups excluding carboxylic acids is 2. The van der Waals surface area contributed by atoms with E-state index in [0.29, 0.717) is 12.1 Å². The molecule has 0 radical (unpaired) electrons. The summed E-state index contributed by atoms with van der Waals surface area (Å²) in [7, 11) is 0. The van der Waals surface area contributed by atoms with Crippen LogP contribution in [0, 0.1) is 19.8 Å². The number of hydrogen-bond acceptors (Lipinski definition) is 3. The first-order valence-electron chi connectivity index (χ1n) is 7.32. The Morgan fingerprint density at radius 3 is 2.48 bits per heavy atom. The molecule has 1 aliphatic rings. The predicted octanol–water partition coefficient (Wildman–Crippen LogP) is 2.47. The van der Waals surface area contributed by atoms with Crippen LogP contribution < -0.4 is 4.90 Å². The molecule has 4 nitrogen and oxygen atoms in total. The lowest BCUT2D eigenvalue weighted by atomic mass is 9.88. The van der Waals surface area contributed by atoms with E-state index in [1.807, 2.05) is 39.8 Å². The van der Waals surface area contributed by atoms with Gasteiger partial charge in [-0.05, 0) is 32.3 Å². The van der Waals surface area contributed by atoms with Gasteiger partial charge in [0.15, 0.2) is 5.60 Å². The van der Waals surface area contributed by atoms with Crippen LogP contribution >= 0.6 is 0 Å². The van der Waals surface area contributed by atoms with E-state index >= 15 is 0 Å². The molecule has 1 N–H and O–H groups in total. The van der Waals surface area contributed by atoms with Crippen LogP contribution in [0.5, 0.6) is 0 Å². The standard InChI is InChI=1S/C17H23NO3/c1-10(2)9-18-15-12(4)6-11(3)7-14(15)17(21,16(18)20)8-13(5)19/h6-7,10,21H,8-9H2,1-5H3. The van der Waals surface area contributed by atoms with Crippen LogP contribution in [-0.4, -0.2) is 23.3 Å². The lowest BCUT2D eigenvalue weighted by molar-refractivity contribution is -0.141. The Bertz CT molecular complexity index is 606.